The maximum absolute atomic E-state index is 12.5. The van der Waals surface area contributed by atoms with E-state index in [0.717, 1.165) is 10.8 Å². The van der Waals surface area contributed by atoms with Crippen LogP contribution in [-0.4, -0.2) is 41.7 Å². The zero-order chi connectivity index (χ0) is 20.3. The highest BCUT2D eigenvalue weighted by molar-refractivity contribution is 6.24. The summed E-state index contributed by atoms with van der Waals surface area (Å²) in [6.45, 7) is 6.02. The smallest absolute Gasteiger partial charge is 0.268 e. The third-order valence-electron chi connectivity index (χ3n) is 4.18. The molecule has 1 aromatic carbocycles. The van der Waals surface area contributed by atoms with Gasteiger partial charge in [-0.3, -0.25) is 9.21 Å². The first-order valence-electron chi connectivity index (χ1n) is 9.05. The molecule has 1 amide bonds. The molecule has 0 unspecified atom stereocenters. The molecule has 0 radical (unpaired) electrons. The van der Waals surface area contributed by atoms with E-state index in [4.69, 9.17) is 16.3 Å². The molecule has 0 spiro atoms. The van der Waals surface area contributed by atoms with Crippen molar-refractivity contribution in [1.29, 1.82) is 0 Å². The van der Waals surface area contributed by atoms with Crippen LogP contribution in [0, 0.1) is 0 Å². The van der Waals surface area contributed by atoms with E-state index in [1.165, 1.54) is 0 Å². The van der Waals surface area contributed by atoms with Crippen LogP contribution >= 0.6 is 11.8 Å². The Kier molecular flexibility index (Phi) is 6.11. The van der Waals surface area contributed by atoms with E-state index in [2.05, 4.69) is 15.1 Å². The normalized spacial score (nSPS) is 11.2. The summed E-state index contributed by atoms with van der Waals surface area (Å²) >= 11 is 6.03. The Bertz CT molecular complexity index is 966. The average Bonchev–Trinajstić information content (AvgIpc) is 3.34. The molecule has 0 aliphatic carbocycles. The fourth-order valence-corrected chi connectivity index (χ4v) is 2.99. The molecule has 2 aromatic heterocycles. The first kappa shape index (κ1) is 20.0. The van der Waals surface area contributed by atoms with Crippen LogP contribution in [0.25, 0.3) is 17.2 Å². The largest absolute Gasteiger partial charge is 0.390 e. The van der Waals surface area contributed by atoms with Crippen molar-refractivity contribution in [3.8, 4) is 17.2 Å². The molecule has 28 heavy (non-hydrogen) atoms. The number of carbonyl (C=O) groups excluding carboxylic acids is 1. The second-order valence-electron chi connectivity index (χ2n) is 6.62. The van der Waals surface area contributed by atoms with Crippen LogP contribution in [0.5, 0.6) is 0 Å². The molecule has 9 heteroatoms. The molecule has 148 valence electrons. The number of halogens is 1. The fraction of sp³-hybridized carbons (Fsp3) is 0.368. The molecule has 0 aliphatic rings. The lowest BCUT2D eigenvalue weighted by Crippen LogP contribution is -2.22. The summed E-state index contributed by atoms with van der Waals surface area (Å²) in [6.07, 6.45) is 2.32. The lowest BCUT2D eigenvalue weighted by Gasteiger charge is -2.14. The minimum Gasteiger partial charge on any atom is -0.390 e. The van der Waals surface area contributed by atoms with Gasteiger partial charge in [0.2, 0.25) is 11.7 Å². The average molecular weight is 404 g/mol. The minimum absolute atomic E-state index is 0.0882. The van der Waals surface area contributed by atoms with Gasteiger partial charge in [-0.1, -0.05) is 32.0 Å². The van der Waals surface area contributed by atoms with Crippen LogP contribution in [0.1, 0.15) is 55.1 Å². The standard InChI is InChI=1S/C19H22ClN5O3/c1-4-8-25(20)19(27)13-6-5-7-14(9-13)24-11-21-16(15(24)10-26)17-22-18(12(2)3)28-23-17/h5-7,9,11-12,26H,4,8,10H2,1-3H3. The Morgan fingerprint density at radius 1 is 1.39 bits per heavy atom. The van der Waals surface area contributed by atoms with E-state index < -0.39 is 0 Å². The summed E-state index contributed by atoms with van der Waals surface area (Å²) < 4.78 is 8.09. The van der Waals surface area contributed by atoms with Gasteiger partial charge in [-0.25, -0.2) is 4.98 Å². The zero-order valence-corrected chi connectivity index (χ0v) is 16.7. The van der Waals surface area contributed by atoms with Crippen LogP contribution in [-0.2, 0) is 6.61 Å². The maximum atomic E-state index is 12.5. The summed E-state index contributed by atoms with van der Waals surface area (Å²) in [5.41, 5.74) is 2.04. The lowest BCUT2D eigenvalue weighted by atomic mass is 10.1. The van der Waals surface area contributed by atoms with Gasteiger partial charge in [0.1, 0.15) is 12.0 Å². The van der Waals surface area contributed by atoms with Crippen molar-refractivity contribution in [3.05, 3.63) is 47.7 Å². The highest BCUT2D eigenvalue weighted by atomic mass is 35.5. The number of hydrogen-bond donors (Lipinski definition) is 1. The summed E-state index contributed by atoms with van der Waals surface area (Å²) in [6, 6.07) is 6.97. The molecule has 1 N–H and O–H groups in total. The van der Waals surface area contributed by atoms with E-state index in [1.54, 1.807) is 29.1 Å². The second kappa shape index (κ2) is 8.53. The Labute approximate surface area is 167 Å². The summed E-state index contributed by atoms with van der Waals surface area (Å²) in [5, 5.41) is 13.9. The van der Waals surface area contributed by atoms with E-state index in [1.807, 2.05) is 26.8 Å². The SMILES string of the molecule is CCCN(Cl)C(=O)c1cccc(-n2cnc(-c3noc(C(C)C)n3)c2CO)c1. The summed E-state index contributed by atoms with van der Waals surface area (Å²) in [7, 11) is 0. The quantitative estimate of drug-likeness (QED) is 0.606. The predicted octanol–water partition coefficient (Wildman–Crippen LogP) is 3.54. The van der Waals surface area contributed by atoms with Gasteiger partial charge < -0.3 is 14.2 Å². The molecule has 2 heterocycles. The molecule has 0 atom stereocenters. The van der Waals surface area contributed by atoms with E-state index in [9.17, 15) is 9.90 Å². The first-order valence-corrected chi connectivity index (χ1v) is 9.39. The number of carbonyl (C=O) groups is 1. The third kappa shape index (κ3) is 3.93. The van der Waals surface area contributed by atoms with Gasteiger partial charge in [0.25, 0.3) is 5.91 Å². The Morgan fingerprint density at radius 2 is 2.18 bits per heavy atom. The van der Waals surface area contributed by atoms with Gasteiger partial charge in [-0.15, -0.1) is 0 Å². The van der Waals surface area contributed by atoms with Crippen LogP contribution < -0.4 is 0 Å². The van der Waals surface area contributed by atoms with Crippen molar-refractivity contribution in [1.82, 2.24) is 24.1 Å². The number of imidazole rings is 1. The molecule has 0 saturated heterocycles. The Hall–Kier alpha value is -2.71. The molecule has 0 fully saturated rings. The van der Waals surface area contributed by atoms with Crippen molar-refractivity contribution < 1.29 is 14.4 Å². The molecule has 0 aliphatic heterocycles. The van der Waals surface area contributed by atoms with Gasteiger partial charge in [0.05, 0.1) is 12.3 Å². The Morgan fingerprint density at radius 3 is 2.82 bits per heavy atom. The van der Waals surface area contributed by atoms with Crippen molar-refractivity contribution in [2.75, 3.05) is 6.54 Å². The number of benzene rings is 1. The lowest BCUT2D eigenvalue weighted by molar-refractivity contribution is 0.0863. The van der Waals surface area contributed by atoms with Gasteiger partial charge in [-0.05, 0) is 24.6 Å². The van der Waals surface area contributed by atoms with Crippen LogP contribution in [0.2, 0.25) is 0 Å². The van der Waals surface area contributed by atoms with Crippen LogP contribution in [0.3, 0.4) is 0 Å². The van der Waals surface area contributed by atoms with E-state index in [-0.39, 0.29) is 18.4 Å². The Balaban J connectivity index is 1.97. The first-order chi connectivity index (χ1) is 13.5. The highest BCUT2D eigenvalue weighted by Gasteiger charge is 2.20. The third-order valence-corrected chi connectivity index (χ3v) is 4.50. The molecule has 8 nitrogen and oxygen atoms in total. The zero-order valence-electron chi connectivity index (χ0n) is 16.0. The van der Waals surface area contributed by atoms with Crippen molar-refractivity contribution >= 4 is 17.7 Å². The number of aromatic nitrogens is 4. The molecule has 0 bridgehead atoms. The van der Waals surface area contributed by atoms with Gasteiger partial charge in [0, 0.05) is 35.5 Å². The molecular formula is C19H22ClN5O3. The number of hydrogen-bond acceptors (Lipinski definition) is 6. The van der Waals surface area contributed by atoms with E-state index in [0.29, 0.717) is 40.9 Å². The number of aliphatic hydroxyl groups excluding tert-OH is 1. The molecule has 3 rings (SSSR count). The summed E-state index contributed by atoms with van der Waals surface area (Å²) in [4.78, 5) is 21.1. The molecule has 3 aromatic rings. The fourth-order valence-electron chi connectivity index (χ4n) is 2.73. The topological polar surface area (TPSA) is 97.3 Å². The molecular weight excluding hydrogens is 382 g/mol. The number of amides is 1. The number of aliphatic hydroxyl groups is 1. The van der Waals surface area contributed by atoms with E-state index >= 15 is 0 Å². The number of nitrogens with zero attached hydrogens (tertiary/aromatic N) is 5. The minimum atomic E-state index is -0.281. The van der Waals surface area contributed by atoms with Crippen LogP contribution in [0.15, 0.2) is 35.1 Å². The maximum Gasteiger partial charge on any atom is 0.268 e. The van der Waals surface area contributed by atoms with Crippen molar-refractivity contribution in [2.45, 2.75) is 39.7 Å². The van der Waals surface area contributed by atoms with Crippen molar-refractivity contribution in [2.24, 2.45) is 0 Å². The molecule has 0 saturated carbocycles. The predicted molar refractivity (Wildman–Crippen MR) is 104 cm³/mol. The monoisotopic (exact) mass is 403 g/mol. The second-order valence-corrected chi connectivity index (χ2v) is 7.03. The summed E-state index contributed by atoms with van der Waals surface area (Å²) in [5.74, 6) is 0.619. The number of rotatable bonds is 7. The highest BCUT2D eigenvalue weighted by Crippen LogP contribution is 2.25. The van der Waals surface area contributed by atoms with Gasteiger partial charge in [-0.2, -0.15) is 4.98 Å². The van der Waals surface area contributed by atoms with Crippen LogP contribution in [0.4, 0.5) is 0 Å². The van der Waals surface area contributed by atoms with Crippen molar-refractivity contribution in [3.63, 3.8) is 0 Å². The van der Waals surface area contributed by atoms with Gasteiger partial charge >= 0.3 is 0 Å². The van der Waals surface area contributed by atoms with Gasteiger partial charge in [0.15, 0.2) is 0 Å².